The molecule has 0 spiro atoms. The zero-order valence-corrected chi connectivity index (χ0v) is 18.7. The maximum Gasteiger partial charge on any atom is 0.326 e. The Bertz CT molecular complexity index is 887. The van der Waals surface area contributed by atoms with Crippen molar-refractivity contribution in [2.24, 2.45) is 5.73 Å². The van der Waals surface area contributed by atoms with Crippen LogP contribution in [0.3, 0.4) is 0 Å². The molecule has 0 bridgehead atoms. The number of carboxylic acid groups (broad SMARTS) is 1. The van der Waals surface area contributed by atoms with Gasteiger partial charge < -0.3 is 30.4 Å². The first-order valence-corrected chi connectivity index (χ1v) is 9.79. The van der Waals surface area contributed by atoms with Gasteiger partial charge in [0, 0.05) is 19.4 Å². The smallest absolute Gasteiger partial charge is 0.326 e. The van der Waals surface area contributed by atoms with E-state index in [9.17, 15) is 14.4 Å². The second kappa shape index (κ2) is 13.7. The minimum absolute atomic E-state index is 0.131. The molecule has 0 aliphatic heterocycles. The lowest BCUT2D eigenvalue weighted by atomic mass is 10.0. The second-order valence-corrected chi connectivity index (χ2v) is 6.78. The molecule has 0 aromatic heterocycles. The summed E-state index contributed by atoms with van der Waals surface area (Å²) >= 11 is 0. The predicted octanol–water partition coefficient (Wildman–Crippen LogP) is 2.09. The number of carboxylic acids is 1. The van der Waals surface area contributed by atoms with E-state index in [4.69, 9.17) is 20.3 Å². The van der Waals surface area contributed by atoms with Crippen LogP contribution in [0, 0.1) is 0 Å². The number of benzene rings is 2. The highest BCUT2D eigenvalue weighted by molar-refractivity contribution is 5.82. The summed E-state index contributed by atoms with van der Waals surface area (Å²) in [5.74, 6) is -0.480. The normalized spacial score (nSPS) is 11.8. The molecule has 2 atom stereocenters. The van der Waals surface area contributed by atoms with Gasteiger partial charge in [-0.2, -0.15) is 0 Å². The summed E-state index contributed by atoms with van der Waals surface area (Å²) in [5.41, 5.74) is 7.58. The molecular formula is C23H30N2O7. The van der Waals surface area contributed by atoms with Crippen LogP contribution in [-0.4, -0.2) is 50.3 Å². The van der Waals surface area contributed by atoms with E-state index < -0.39 is 18.1 Å². The van der Waals surface area contributed by atoms with Gasteiger partial charge in [-0.3, -0.25) is 9.59 Å². The van der Waals surface area contributed by atoms with E-state index in [1.165, 1.54) is 14.0 Å². The third kappa shape index (κ3) is 9.05. The monoisotopic (exact) mass is 446 g/mol. The molecule has 0 radical (unpaired) electrons. The number of amides is 1. The zero-order chi connectivity index (χ0) is 24.1. The van der Waals surface area contributed by atoms with Crippen molar-refractivity contribution in [2.75, 3.05) is 21.3 Å². The lowest BCUT2D eigenvalue weighted by molar-refractivity contribution is -0.141. The van der Waals surface area contributed by atoms with Gasteiger partial charge in [-0.25, -0.2) is 4.79 Å². The number of carbonyl (C=O) groups excluding carboxylic acids is 2. The van der Waals surface area contributed by atoms with E-state index in [1.807, 2.05) is 30.3 Å². The molecule has 9 nitrogen and oxygen atoms in total. The third-order valence-corrected chi connectivity index (χ3v) is 4.41. The molecule has 174 valence electrons. The van der Waals surface area contributed by atoms with Crippen LogP contribution in [0.1, 0.15) is 30.5 Å². The number of methoxy groups -OCH3 is 3. The molecule has 1 amide bonds. The molecule has 4 N–H and O–H groups in total. The maximum atomic E-state index is 11.1. The molecule has 2 aromatic carbocycles. The van der Waals surface area contributed by atoms with Crippen molar-refractivity contribution in [3.63, 3.8) is 0 Å². The fourth-order valence-corrected chi connectivity index (χ4v) is 2.76. The van der Waals surface area contributed by atoms with E-state index in [-0.39, 0.29) is 18.3 Å². The second-order valence-electron chi connectivity index (χ2n) is 6.78. The van der Waals surface area contributed by atoms with Gasteiger partial charge in [0.15, 0.2) is 11.5 Å². The van der Waals surface area contributed by atoms with E-state index in [1.54, 1.807) is 32.4 Å². The van der Waals surface area contributed by atoms with E-state index in [2.05, 4.69) is 10.1 Å². The minimum atomic E-state index is -1.02. The van der Waals surface area contributed by atoms with Crippen molar-refractivity contribution in [3.05, 3.63) is 59.7 Å². The molecule has 32 heavy (non-hydrogen) atoms. The molecule has 1 unspecified atom stereocenters. The standard InChI is InChI=1S/C12H17NO4.C11H13NO3/c1-15-10-5-4-8(6-11(10)16-2)9(13)7-12(14)17-3;1-8(13)12-10(11(14)15)7-9-5-3-2-4-6-9/h4-6,9H,7,13H2,1-3H3;2-6,10H,7H2,1H3,(H,12,13)(H,14,15)/t;10-/m.1/s1. The first-order valence-electron chi connectivity index (χ1n) is 9.79. The SMILES string of the molecule is CC(=O)N[C@H](Cc1ccccc1)C(=O)O.COC(=O)CC(N)c1ccc(OC)c(OC)c1. The van der Waals surface area contributed by atoms with E-state index in [0.717, 1.165) is 11.1 Å². The number of aliphatic carboxylic acids is 1. The molecule has 0 saturated carbocycles. The van der Waals surface area contributed by atoms with Crippen molar-refractivity contribution in [1.82, 2.24) is 5.32 Å². The molecule has 0 fully saturated rings. The van der Waals surface area contributed by atoms with Gasteiger partial charge in [-0.1, -0.05) is 36.4 Å². The summed E-state index contributed by atoms with van der Waals surface area (Å²) in [6.45, 7) is 1.31. The summed E-state index contributed by atoms with van der Waals surface area (Å²) in [4.78, 5) is 32.7. The Labute approximate surface area is 187 Å². The predicted molar refractivity (Wildman–Crippen MR) is 118 cm³/mol. The number of rotatable bonds is 9. The molecule has 0 saturated heterocycles. The Hall–Kier alpha value is -3.59. The minimum Gasteiger partial charge on any atom is -0.493 e. The summed E-state index contributed by atoms with van der Waals surface area (Å²) in [6.07, 6.45) is 0.432. The maximum absolute atomic E-state index is 11.1. The average Bonchev–Trinajstić information content (AvgIpc) is 2.78. The number of hydrogen-bond acceptors (Lipinski definition) is 7. The first kappa shape index (κ1) is 26.4. The molecule has 0 aliphatic carbocycles. The van der Waals surface area contributed by atoms with Crippen LogP contribution in [0.25, 0.3) is 0 Å². The highest BCUT2D eigenvalue weighted by Crippen LogP contribution is 2.30. The Balaban J connectivity index is 0.000000323. The number of ether oxygens (including phenoxy) is 3. The lowest BCUT2D eigenvalue weighted by Crippen LogP contribution is -2.41. The number of nitrogens with two attached hydrogens (primary N) is 1. The Morgan fingerprint density at radius 3 is 2.12 bits per heavy atom. The summed E-state index contributed by atoms with van der Waals surface area (Å²) in [6, 6.07) is 13.2. The fourth-order valence-electron chi connectivity index (χ4n) is 2.76. The molecule has 0 aliphatic rings. The zero-order valence-electron chi connectivity index (χ0n) is 18.7. The summed E-state index contributed by atoms with van der Waals surface area (Å²) in [5, 5.41) is 11.3. The summed E-state index contributed by atoms with van der Waals surface area (Å²) < 4.78 is 14.8. The van der Waals surface area contributed by atoms with E-state index >= 15 is 0 Å². The van der Waals surface area contributed by atoms with Gasteiger partial charge in [0.05, 0.1) is 27.8 Å². The highest BCUT2D eigenvalue weighted by Gasteiger charge is 2.18. The largest absolute Gasteiger partial charge is 0.493 e. The van der Waals surface area contributed by atoms with Crippen molar-refractivity contribution >= 4 is 17.8 Å². The highest BCUT2D eigenvalue weighted by atomic mass is 16.5. The van der Waals surface area contributed by atoms with Crippen molar-refractivity contribution < 1.29 is 33.7 Å². The van der Waals surface area contributed by atoms with Gasteiger partial charge in [0.25, 0.3) is 0 Å². The number of hydrogen-bond donors (Lipinski definition) is 3. The molecule has 2 rings (SSSR count). The Kier molecular flexibility index (Phi) is 11.3. The van der Waals surface area contributed by atoms with E-state index in [0.29, 0.717) is 17.9 Å². The molecular weight excluding hydrogens is 416 g/mol. The summed E-state index contributed by atoms with van der Waals surface area (Å²) in [7, 11) is 4.45. The van der Waals surface area contributed by atoms with Crippen molar-refractivity contribution in [2.45, 2.75) is 31.8 Å². The molecule has 9 heteroatoms. The lowest BCUT2D eigenvalue weighted by Gasteiger charge is -2.13. The number of esters is 1. The number of nitrogens with one attached hydrogen (secondary N) is 1. The Morgan fingerprint density at radius 2 is 1.62 bits per heavy atom. The average molecular weight is 447 g/mol. The topological polar surface area (TPSA) is 137 Å². The van der Waals surface area contributed by atoms with Crippen LogP contribution in [0.2, 0.25) is 0 Å². The number of carbonyl (C=O) groups is 3. The fraction of sp³-hybridized carbons (Fsp3) is 0.348. The van der Waals surface area contributed by atoms with Crippen LogP contribution in [-0.2, 0) is 25.5 Å². The van der Waals surface area contributed by atoms with Crippen LogP contribution in [0.15, 0.2) is 48.5 Å². The van der Waals surface area contributed by atoms with Crippen LogP contribution in [0.4, 0.5) is 0 Å². The van der Waals surface area contributed by atoms with Crippen molar-refractivity contribution in [3.8, 4) is 11.5 Å². The van der Waals surface area contributed by atoms with Crippen molar-refractivity contribution in [1.29, 1.82) is 0 Å². The third-order valence-electron chi connectivity index (χ3n) is 4.41. The van der Waals surface area contributed by atoms with Gasteiger partial charge in [0.1, 0.15) is 6.04 Å². The van der Waals surface area contributed by atoms with Gasteiger partial charge in [-0.05, 0) is 23.3 Å². The van der Waals surface area contributed by atoms with Gasteiger partial charge >= 0.3 is 11.9 Å². The van der Waals surface area contributed by atoms with Gasteiger partial charge in [0.2, 0.25) is 5.91 Å². The quantitative estimate of drug-likeness (QED) is 0.498. The van der Waals surface area contributed by atoms with Crippen LogP contribution < -0.4 is 20.5 Å². The Morgan fingerprint density at radius 1 is 1.00 bits per heavy atom. The first-order chi connectivity index (χ1) is 15.2. The van der Waals surface area contributed by atoms with Crippen LogP contribution >= 0.6 is 0 Å². The molecule has 0 heterocycles. The van der Waals surface area contributed by atoms with Gasteiger partial charge in [-0.15, -0.1) is 0 Å². The molecule has 2 aromatic rings. The van der Waals surface area contributed by atoms with Crippen LogP contribution in [0.5, 0.6) is 11.5 Å².